The summed E-state index contributed by atoms with van der Waals surface area (Å²) in [5, 5.41) is 4.98. The van der Waals surface area contributed by atoms with Gasteiger partial charge in [0.15, 0.2) is 5.79 Å². The number of hydrogen-bond donors (Lipinski definition) is 2. The molecule has 5 heterocycles. The van der Waals surface area contributed by atoms with Crippen LogP contribution in [0, 0.1) is 5.92 Å². The first kappa shape index (κ1) is 44.1. The molecular formula is C52H59N7O6. The number of ether oxygens (including phenoxy) is 3. The van der Waals surface area contributed by atoms with E-state index in [-0.39, 0.29) is 42.4 Å². The second kappa shape index (κ2) is 18.8. The third-order valence-electron chi connectivity index (χ3n) is 13.6. The zero-order valence-electron chi connectivity index (χ0n) is 38.0. The number of allylic oxidation sites excluding steroid dienone is 1. The van der Waals surface area contributed by atoms with E-state index in [1.54, 1.807) is 4.90 Å². The summed E-state index contributed by atoms with van der Waals surface area (Å²) < 4.78 is 17.0. The topological polar surface area (TPSA) is 142 Å². The number of benzene rings is 4. The second-order valence-corrected chi connectivity index (χ2v) is 17.9. The van der Waals surface area contributed by atoms with E-state index in [1.165, 1.54) is 7.11 Å². The Morgan fingerprint density at radius 1 is 0.862 bits per heavy atom. The number of methoxy groups -OCH3 is 1. The van der Waals surface area contributed by atoms with E-state index in [1.807, 2.05) is 49.3 Å². The van der Waals surface area contributed by atoms with Crippen molar-refractivity contribution in [3.63, 3.8) is 0 Å². The third kappa shape index (κ3) is 8.84. The van der Waals surface area contributed by atoms with Crippen molar-refractivity contribution in [3.8, 4) is 22.4 Å². The molecule has 65 heavy (non-hydrogen) atoms. The van der Waals surface area contributed by atoms with Gasteiger partial charge in [0.25, 0.3) is 0 Å². The number of nitrogens with one attached hydrogen (secondary N) is 2. The average Bonchev–Trinajstić information content (AvgIpc) is 4.21. The number of hydrogen-bond acceptors (Lipinski definition) is 9. The lowest BCUT2D eigenvalue weighted by atomic mass is 9.95. The Kier molecular flexibility index (Phi) is 12.7. The Hall–Kier alpha value is -6.15. The Balaban J connectivity index is 0.868. The number of aromatic amines is 1. The highest BCUT2D eigenvalue weighted by Gasteiger charge is 2.53. The van der Waals surface area contributed by atoms with Crippen LogP contribution in [-0.2, 0) is 23.8 Å². The fourth-order valence-electron chi connectivity index (χ4n) is 10.1. The van der Waals surface area contributed by atoms with Crippen LogP contribution in [0.3, 0.4) is 0 Å². The average molecular weight is 878 g/mol. The first-order chi connectivity index (χ1) is 31.6. The van der Waals surface area contributed by atoms with Crippen molar-refractivity contribution in [1.29, 1.82) is 0 Å². The first-order valence-electron chi connectivity index (χ1n) is 23.1. The van der Waals surface area contributed by atoms with Gasteiger partial charge in [-0.25, -0.2) is 9.78 Å². The number of rotatable bonds is 13. The van der Waals surface area contributed by atoms with E-state index >= 15 is 0 Å². The molecule has 0 unspecified atom stereocenters. The van der Waals surface area contributed by atoms with Gasteiger partial charge in [-0.2, -0.15) is 0 Å². The number of aliphatic imine (C=N–C) groups is 1. The molecule has 4 aromatic carbocycles. The molecule has 0 aliphatic carbocycles. The SMILES string of the molecule is CCN(CC)[C@@H](C(=O)N1CCC[C@H]1c1ncc(-c2ccc3cc(-c4ccc(C5=CN=C([C@@H]6CC7(CN6C(=O)[C@@H](NC(=O)OC)C(C)C)OCCO7)C5)cc4)ccc3c2)[nH]1)c1ccccc1. The smallest absolute Gasteiger partial charge is 0.407 e. The van der Waals surface area contributed by atoms with Gasteiger partial charge in [-0.05, 0) is 82.6 Å². The molecule has 338 valence electrons. The number of likely N-dealkylation sites (N-methyl/N-ethyl adjacent to an activating group) is 1. The van der Waals surface area contributed by atoms with Crippen LogP contribution in [0.5, 0.6) is 0 Å². The summed E-state index contributed by atoms with van der Waals surface area (Å²) in [6, 6.07) is 30.2. The van der Waals surface area contributed by atoms with E-state index in [4.69, 9.17) is 24.2 Å². The van der Waals surface area contributed by atoms with Gasteiger partial charge in [0.2, 0.25) is 11.8 Å². The largest absolute Gasteiger partial charge is 0.453 e. The molecule has 9 rings (SSSR count). The molecule has 13 nitrogen and oxygen atoms in total. The molecule has 0 radical (unpaired) electrons. The molecule has 4 atom stereocenters. The van der Waals surface area contributed by atoms with Crippen molar-refractivity contribution >= 4 is 40.0 Å². The predicted octanol–water partition coefficient (Wildman–Crippen LogP) is 8.55. The van der Waals surface area contributed by atoms with Crippen molar-refractivity contribution in [2.45, 2.75) is 83.3 Å². The maximum Gasteiger partial charge on any atom is 0.407 e. The minimum absolute atomic E-state index is 0.101. The number of carbonyl (C=O) groups excluding carboxylic acids is 3. The van der Waals surface area contributed by atoms with Crippen molar-refractivity contribution in [2.75, 3.05) is 46.5 Å². The van der Waals surface area contributed by atoms with Gasteiger partial charge in [-0.15, -0.1) is 0 Å². The van der Waals surface area contributed by atoms with Crippen LogP contribution < -0.4 is 5.32 Å². The number of carbonyl (C=O) groups is 3. The maximum atomic E-state index is 14.3. The lowest BCUT2D eigenvalue weighted by Crippen LogP contribution is -2.54. The van der Waals surface area contributed by atoms with Crippen LogP contribution in [-0.4, -0.2) is 113 Å². The molecule has 5 aromatic rings. The summed E-state index contributed by atoms with van der Waals surface area (Å²) in [5.74, 6) is -0.299. The first-order valence-corrected chi connectivity index (χ1v) is 23.1. The zero-order valence-corrected chi connectivity index (χ0v) is 38.0. The van der Waals surface area contributed by atoms with Gasteiger partial charge in [-0.3, -0.25) is 19.5 Å². The highest BCUT2D eigenvalue weighted by Crippen LogP contribution is 2.40. The molecule has 3 saturated heterocycles. The Morgan fingerprint density at radius 3 is 2.23 bits per heavy atom. The summed E-state index contributed by atoms with van der Waals surface area (Å²) in [7, 11) is 1.29. The molecule has 4 aliphatic rings. The molecule has 3 amide bonds. The highest BCUT2D eigenvalue weighted by atomic mass is 16.7. The number of H-pyrrole nitrogens is 1. The summed E-state index contributed by atoms with van der Waals surface area (Å²) >= 11 is 0. The van der Waals surface area contributed by atoms with E-state index in [2.05, 4.69) is 102 Å². The quantitative estimate of drug-likeness (QED) is 0.120. The van der Waals surface area contributed by atoms with Crippen LogP contribution in [0.1, 0.15) is 82.4 Å². The lowest BCUT2D eigenvalue weighted by molar-refractivity contribution is -0.153. The second-order valence-electron chi connectivity index (χ2n) is 17.9. The van der Waals surface area contributed by atoms with Crippen LogP contribution in [0.4, 0.5) is 4.79 Å². The number of imidazole rings is 1. The normalized spacial score (nSPS) is 20.2. The molecule has 13 heteroatoms. The minimum Gasteiger partial charge on any atom is -0.453 e. The Bertz CT molecular complexity index is 2600. The summed E-state index contributed by atoms with van der Waals surface area (Å²) in [6.07, 6.45) is 6.01. The lowest BCUT2D eigenvalue weighted by Gasteiger charge is -2.34. The summed E-state index contributed by atoms with van der Waals surface area (Å²) in [4.78, 5) is 59.9. The fraction of sp³-hybridized carbons (Fsp3) is 0.404. The molecule has 0 bridgehead atoms. The summed E-state index contributed by atoms with van der Waals surface area (Å²) in [5.41, 5.74) is 8.22. The molecule has 4 aliphatic heterocycles. The number of nitrogens with zero attached hydrogens (tertiary/aromatic N) is 5. The van der Waals surface area contributed by atoms with Crippen molar-refractivity contribution < 1.29 is 28.6 Å². The van der Waals surface area contributed by atoms with E-state index in [0.29, 0.717) is 32.6 Å². The van der Waals surface area contributed by atoms with Gasteiger partial charge in [0.1, 0.15) is 17.9 Å². The van der Waals surface area contributed by atoms with Gasteiger partial charge in [0, 0.05) is 36.9 Å². The monoisotopic (exact) mass is 877 g/mol. The fourth-order valence-corrected chi connectivity index (χ4v) is 10.1. The Morgan fingerprint density at radius 2 is 1.54 bits per heavy atom. The number of fused-ring (bicyclic) bond motifs is 1. The molecule has 2 N–H and O–H groups in total. The Labute approximate surface area is 380 Å². The standard InChI is InChI=1S/C52H59N7O6/c1-6-57(7-2)47(36-12-9-8-10-13-36)50(61)58-23-11-14-44(58)48-54-31-43(55-48)40-22-21-38-26-37(19-20-39(38)27-40)34-15-17-35(18-16-34)41-28-42(53-30-41)45-29-52(64-24-25-65-52)32-59(45)49(60)46(33(3)4)56-51(62)63-5/h8-10,12-13,15-22,26-27,30-31,33,44-47H,6-7,11,14,23-25,28-29,32H2,1-5H3,(H,54,55)(H,56,62)/t44-,45-,46-,47+/m0/s1. The molecule has 1 spiro atoms. The van der Waals surface area contributed by atoms with Crippen LogP contribution in [0.2, 0.25) is 0 Å². The molecule has 0 saturated carbocycles. The van der Waals surface area contributed by atoms with E-state index in [9.17, 15) is 14.4 Å². The van der Waals surface area contributed by atoms with Crippen LogP contribution >= 0.6 is 0 Å². The summed E-state index contributed by atoms with van der Waals surface area (Å²) in [6.45, 7) is 11.5. The van der Waals surface area contributed by atoms with Crippen molar-refractivity contribution in [2.24, 2.45) is 10.9 Å². The number of aromatic nitrogens is 2. The van der Waals surface area contributed by atoms with Gasteiger partial charge >= 0.3 is 6.09 Å². The predicted molar refractivity (Wildman–Crippen MR) is 252 cm³/mol. The molecule has 1 aromatic heterocycles. The number of amides is 3. The number of alkyl carbamates (subject to hydrolysis) is 1. The van der Waals surface area contributed by atoms with Crippen molar-refractivity contribution in [1.82, 2.24) is 30.0 Å². The number of likely N-dealkylation sites (tertiary alicyclic amines) is 2. The van der Waals surface area contributed by atoms with E-state index < -0.39 is 17.9 Å². The highest BCUT2D eigenvalue weighted by molar-refractivity contribution is 6.04. The van der Waals surface area contributed by atoms with Gasteiger partial charge in [-0.1, -0.05) is 107 Å². The zero-order chi connectivity index (χ0) is 45.2. The van der Waals surface area contributed by atoms with Crippen LogP contribution in [0.15, 0.2) is 108 Å². The van der Waals surface area contributed by atoms with Crippen molar-refractivity contribution in [3.05, 3.63) is 120 Å². The molecule has 3 fully saturated rings. The van der Waals surface area contributed by atoms with Crippen LogP contribution in [0.25, 0.3) is 38.7 Å². The minimum atomic E-state index is -0.886. The van der Waals surface area contributed by atoms with Gasteiger partial charge in [0.05, 0.1) is 50.8 Å². The molecular weight excluding hydrogens is 819 g/mol. The third-order valence-corrected chi connectivity index (χ3v) is 13.6. The van der Waals surface area contributed by atoms with E-state index in [0.717, 1.165) is 87.3 Å². The maximum absolute atomic E-state index is 14.3. The van der Waals surface area contributed by atoms with Gasteiger partial charge < -0.3 is 34.3 Å².